The zero-order valence-electron chi connectivity index (χ0n) is 13.1. The Bertz CT molecular complexity index is 390. The van der Waals surface area contributed by atoms with Crippen LogP contribution < -0.4 is 10.2 Å². The molecule has 0 aromatic carbocycles. The van der Waals surface area contributed by atoms with Crippen molar-refractivity contribution in [1.82, 2.24) is 10.3 Å². The van der Waals surface area contributed by atoms with E-state index in [1.54, 1.807) is 0 Å². The third-order valence-electron chi connectivity index (χ3n) is 4.07. The molecule has 3 nitrogen and oxygen atoms in total. The van der Waals surface area contributed by atoms with Gasteiger partial charge in [0.2, 0.25) is 0 Å². The highest BCUT2D eigenvalue weighted by atomic mass is 15.2. The first-order chi connectivity index (χ1) is 9.85. The van der Waals surface area contributed by atoms with Crippen LogP contribution in [0.4, 0.5) is 5.82 Å². The molecule has 1 aromatic rings. The minimum atomic E-state index is 0.695. The van der Waals surface area contributed by atoms with Gasteiger partial charge in [0.05, 0.1) is 5.69 Å². The van der Waals surface area contributed by atoms with Crippen molar-refractivity contribution in [1.29, 1.82) is 0 Å². The van der Waals surface area contributed by atoms with Crippen molar-refractivity contribution in [2.24, 2.45) is 0 Å². The second-order valence-electron chi connectivity index (χ2n) is 5.80. The molecule has 0 saturated carbocycles. The van der Waals surface area contributed by atoms with E-state index in [1.807, 2.05) is 0 Å². The van der Waals surface area contributed by atoms with E-state index in [9.17, 15) is 0 Å². The minimum absolute atomic E-state index is 0.695. The number of hydrogen-bond donors (Lipinski definition) is 1. The Labute approximate surface area is 123 Å². The molecule has 1 aliphatic rings. The van der Waals surface area contributed by atoms with Crippen molar-refractivity contribution in [3.8, 4) is 0 Å². The number of anilines is 1. The molecule has 0 amide bonds. The Balaban J connectivity index is 2.03. The minimum Gasteiger partial charge on any atom is -0.354 e. The van der Waals surface area contributed by atoms with Gasteiger partial charge in [-0.1, -0.05) is 26.3 Å². The van der Waals surface area contributed by atoms with E-state index in [1.165, 1.54) is 50.9 Å². The first kappa shape index (κ1) is 15.3. The van der Waals surface area contributed by atoms with Gasteiger partial charge in [0, 0.05) is 19.1 Å². The highest BCUT2D eigenvalue weighted by Gasteiger charge is 2.22. The number of pyridine rings is 1. The van der Waals surface area contributed by atoms with E-state index in [2.05, 4.69) is 42.3 Å². The van der Waals surface area contributed by atoms with Crippen LogP contribution >= 0.6 is 0 Å². The van der Waals surface area contributed by atoms with Crippen LogP contribution in [0.15, 0.2) is 18.2 Å². The second kappa shape index (κ2) is 8.25. The van der Waals surface area contributed by atoms with Gasteiger partial charge in [0.1, 0.15) is 5.82 Å². The Morgan fingerprint density at radius 2 is 2.15 bits per heavy atom. The van der Waals surface area contributed by atoms with Gasteiger partial charge in [-0.15, -0.1) is 0 Å². The van der Waals surface area contributed by atoms with Crippen LogP contribution in [0, 0.1) is 0 Å². The Morgan fingerprint density at radius 1 is 1.25 bits per heavy atom. The molecular formula is C17H29N3. The first-order valence-corrected chi connectivity index (χ1v) is 8.28. The van der Waals surface area contributed by atoms with Gasteiger partial charge < -0.3 is 10.2 Å². The molecule has 0 aliphatic carbocycles. The summed E-state index contributed by atoms with van der Waals surface area (Å²) in [4.78, 5) is 7.40. The van der Waals surface area contributed by atoms with Crippen molar-refractivity contribution in [3.63, 3.8) is 0 Å². The second-order valence-corrected chi connectivity index (χ2v) is 5.80. The molecule has 2 heterocycles. The first-order valence-electron chi connectivity index (χ1n) is 8.28. The van der Waals surface area contributed by atoms with Gasteiger partial charge in [0.25, 0.3) is 0 Å². The highest BCUT2D eigenvalue weighted by molar-refractivity contribution is 5.41. The van der Waals surface area contributed by atoms with Crippen LogP contribution in [0.3, 0.4) is 0 Å². The summed E-state index contributed by atoms with van der Waals surface area (Å²) in [7, 11) is 0. The maximum atomic E-state index is 4.86. The van der Waals surface area contributed by atoms with E-state index in [-0.39, 0.29) is 0 Å². The maximum Gasteiger partial charge on any atom is 0.129 e. The van der Waals surface area contributed by atoms with Gasteiger partial charge in [-0.05, 0) is 50.8 Å². The van der Waals surface area contributed by atoms with Crippen molar-refractivity contribution >= 4 is 5.82 Å². The quantitative estimate of drug-likeness (QED) is 0.768. The molecular weight excluding hydrogens is 246 g/mol. The van der Waals surface area contributed by atoms with Gasteiger partial charge >= 0.3 is 0 Å². The molecule has 1 aromatic heterocycles. The highest BCUT2D eigenvalue weighted by Crippen LogP contribution is 2.25. The van der Waals surface area contributed by atoms with E-state index in [0.29, 0.717) is 6.04 Å². The van der Waals surface area contributed by atoms with Crippen LogP contribution in [-0.4, -0.2) is 24.1 Å². The van der Waals surface area contributed by atoms with Crippen molar-refractivity contribution in [2.75, 3.05) is 18.0 Å². The Hall–Kier alpha value is -1.09. The third-order valence-corrected chi connectivity index (χ3v) is 4.07. The van der Waals surface area contributed by atoms with Gasteiger partial charge in [-0.2, -0.15) is 0 Å². The monoisotopic (exact) mass is 275 g/mol. The summed E-state index contributed by atoms with van der Waals surface area (Å²) < 4.78 is 0. The summed E-state index contributed by atoms with van der Waals surface area (Å²) in [5.41, 5.74) is 1.16. The predicted molar refractivity (Wildman–Crippen MR) is 86.1 cm³/mol. The molecule has 1 atom stereocenters. The summed E-state index contributed by atoms with van der Waals surface area (Å²) >= 11 is 0. The van der Waals surface area contributed by atoms with Crippen molar-refractivity contribution in [2.45, 2.75) is 65.0 Å². The number of nitrogens with zero attached hydrogens (tertiary/aromatic N) is 2. The summed E-state index contributed by atoms with van der Waals surface area (Å²) in [5.74, 6) is 1.18. The maximum absolute atomic E-state index is 4.86. The SMILES string of the molecule is CCCNCc1cccc(N2CCCCC2CCC)n1. The Morgan fingerprint density at radius 3 is 2.95 bits per heavy atom. The standard InChI is InChI=1S/C17H29N3/c1-3-8-16-10-5-6-13-20(16)17-11-7-9-15(19-17)14-18-12-4-2/h7,9,11,16,18H,3-6,8,10,12-14H2,1-2H3. The van der Waals surface area contributed by atoms with Crippen LogP contribution in [0.5, 0.6) is 0 Å². The molecule has 1 N–H and O–H groups in total. The Kier molecular flexibility index (Phi) is 6.31. The average molecular weight is 275 g/mol. The summed E-state index contributed by atoms with van der Waals surface area (Å²) in [6.45, 7) is 7.59. The van der Waals surface area contributed by atoms with Crippen LogP contribution in [0.1, 0.15) is 58.1 Å². The number of rotatable bonds is 7. The molecule has 0 radical (unpaired) electrons. The lowest BCUT2D eigenvalue weighted by molar-refractivity contribution is 0.431. The molecule has 1 saturated heterocycles. The molecule has 3 heteroatoms. The normalized spacial score (nSPS) is 19.3. The number of hydrogen-bond acceptors (Lipinski definition) is 3. The molecule has 0 spiro atoms. The van der Waals surface area contributed by atoms with Gasteiger partial charge in [-0.25, -0.2) is 4.98 Å². The summed E-state index contributed by atoms with van der Waals surface area (Å²) in [5, 5.41) is 3.44. The van der Waals surface area contributed by atoms with E-state index >= 15 is 0 Å². The molecule has 1 fully saturated rings. The molecule has 112 valence electrons. The zero-order chi connectivity index (χ0) is 14.2. The predicted octanol–water partition coefficient (Wildman–Crippen LogP) is 3.74. The lowest BCUT2D eigenvalue weighted by Gasteiger charge is -2.37. The van der Waals surface area contributed by atoms with Gasteiger partial charge in [0.15, 0.2) is 0 Å². The summed E-state index contributed by atoms with van der Waals surface area (Å²) in [6, 6.07) is 7.16. The lowest BCUT2D eigenvalue weighted by Crippen LogP contribution is -2.40. The van der Waals surface area contributed by atoms with E-state index in [0.717, 1.165) is 18.8 Å². The largest absolute Gasteiger partial charge is 0.354 e. The number of aromatic nitrogens is 1. The number of nitrogens with one attached hydrogen (secondary N) is 1. The fraction of sp³-hybridized carbons (Fsp3) is 0.706. The van der Waals surface area contributed by atoms with Crippen LogP contribution in [0.2, 0.25) is 0 Å². The molecule has 20 heavy (non-hydrogen) atoms. The summed E-state index contributed by atoms with van der Waals surface area (Å²) in [6.07, 6.45) is 7.73. The molecule has 1 unspecified atom stereocenters. The molecule has 0 bridgehead atoms. The van der Waals surface area contributed by atoms with Crippen molar-refractivity contribution in [3.05, 3.63) is 23.9 Å². The van der Waals surface area contributed by atoms with Gasteiger partial charge in [-0.3, -0.25) is 0 Å². The van der Waals surface area contributed by atoms with Crippen LogP contribution in [0.25, 0.3) is 0 Å². The fourth-order valence-corrected chi connectivity index (χ4v) is 3.05. The zero-order valence-corrected chi connectivity index (χ0v) is 13.1. The average Bonchev–Trinajstić information content (AvgIpc) is 2.49. The topological polar surface area (TPSA) is 28.2 Å². The molecule has 2 rings (SSSR count). The van der Waals surface area contributed by atoms with Crippen LogP contribution in [-0.2, 0) is 6.54 Å². The van der Waals surface area contributed by atoms with Crippen molar-refractivity contribution < 1.29 is 0 Å². The van der Waals surface area contributed by atoms with E-state index in [4.69, 9.17) is 4.98 Å². The third kappa shape index (κ3) is 4.20. The fourth-order valence-electron chi connectivity index (χ4n) is 3.05. The molecule has 1 aliphatic heterocycles. The smallest absolute Gasteiger partial charge is 0.129 e. The lowest BCUT2D eigenvalue weighted by atomic mass is 9.98. The number of piperidine rings is 1. The van der Waals surface area contributed by atoms with E-state index < -0.39 is 0 Å².